The molecule has 0 aliphatic heterocycles. The van der Waals surface area contributed by atoms with Gasteiger partial charge in [0.15, 0.2) is 5.13 Å². The lowest BCUT2D eigenvalue weighted by Crippen LogP contribution is -2.21. The van der Waals surface area contributed by atoms with Crippen LogP contribution in [0.1, 0.15) is 42.5 Å². The molecule has 22 heavy (non-hydrogen) atoms. The zero-order chi connectivity index (χ0) is 15.5. The van der Waals surface area contributed by atoms with E-state index in [1.165, 1.54) is 38.2 Å². The first kappa shape index (κ1) is 14.8. The molecule has 2 aromatic rings. The number of carbonyl (C=O) groups is 1. The number of phenols is 1. The molecule has 0 saturated heterocycles. The fourth-order valence-electron chi connectivity index (χ4n) is 2.79. The van der Waals surface area contributed by atoms with Crippen LogP contribution in [0.3, 0.4) is 0 Å². The van der Waals surface area contributed by atoms with Crippen LogP contribution in [-0.4, -0.2) is 22.0 Å². The minimum absolute atomic E-state index is 0.105. The largest absolute Gasteiger partial charge is 0.507 e. The second kappa shape index (κ2) is 6.36. The minimum atomic E-state index is -0.643. The summed E-state index contributed by atoms with van der Waals surface area (Å²) in [5.74, 6) is -0.748. The molecule has 6 heteroatoms. The van der Waals surface area contributed by atoms with Crippen LogP contribution in [0, 0.1) is 0 Å². The highest BCUT2D eigenvalue weighted by atomic mass is 32.1. The summed E-state index contributed by atoms with van der Waals surface area (Å²) < 4.78 is 0. The van der Waals surface area contributed by atoms with E-state index in [1.54, 1.807) is 23.5 Å². The average Bonchev–Trinajstić information content (AvgIpc) is 2.97. The first-order chi connectivity index (χ1) is 10.6. The van der Waals surface area contributed by atoms with Crippen molar-refractivity contribution in [2.45, 2.75) is 38.1 Å². The number of aromatic nitrogens is 1. The van der Waals surface area contributed by atoms with Gasteiger partial charge in [-0.05, 0) is 31.0 Å². The van der Waals surface area contributed by atoms with Crippen LogP contribution in [0.2, 0.25) is 0 Å². The summed E-state index contributed by atoms with van der Waals surface area (Å²) >= 11 is 1.56. The van der Waals surface area contributed by atoms with Crippen molar-refractivity contribution in [1.29, 1.82) is 0 Å². The van der Waals surface area contributed by atoms with Gasteiger partial charge in [0.2, 0.25) is 0 Å². The number of anilines is 1. The van der Waals surface area contributed by atoms with Gasteiger partial charge >= 0.3 is 0 Å². The molecule has 1 aliphatic rings. The SMILES string of the molecule is NC(=O)c1cc(-c2csc(NC3CCCCC3)n2)ccc1O. The number of nitrogens with zero attached hydrogens (tertiary/aromatic N) is 1. The van der Waals surface area contributed by atoms with Gasteiger partial charge < -0.3 is 16.2 Å². The van der Waals surface area contributed by atoms with E-state index in [-0.39, 0.29) is 11.3 Å². The predicted molar refractivity (Wildman–Crippen MR) is 88.2 cm³/mol. The number of nitrogens with one attached hydrogen (secondary N) is 1. The van der Waals surface area contributed by atoms with E-state index in [1.807, 2.05) is 5.38 Å². The number of nitrogens with two attached hydrogens (primary N) is 1. The lowest BCUT2D eigenvalue weighted by molar-refractivity contribution is 0.0998. The van der Waals surface area contributed by atoms with E-state index < -0.39 is 5.91 Å². The highest BCUT2D eigenvalue weighted by molar-refractivity contribution is 7.14. The maximum Gasteiger partial charge on any atom is 0.252 e. The number of hydrogen-bond donors (Lipinski definition) is 3. The maximum absolute atomic E-state index is 11.3. The molecule has 0 radical (unpaired) electrons. The first-order valence-electron chi connectivity index (χ1n) is 7.49. The van der Waals surface area contributed by atoms with Gasteiger partial charge in [0.25, 0.3) is 5.91 Å². The fourth-order valence-corrected chi connectivity index (χ4v) is 3.58. The molecule has 3 rings (SSSR count). The topological polar surface area (TPSA) is 88.2 Å². The number of aromatic hydroxyl groups is 1. The molecule has 1 aromatic carbocycles. The van der Waals surface area contributed by atoms with Crippen LogP contribution >= 0.6 is 11.3 Å². The van der Waals surface area contributed by atoms with Crippen LogP contribution in [0.25, 0.3) is 11.3 Å². The highest BCUT2D eigenvalue weighted by Crippen LogP contribution is 2.30. The number of carbonyl (C=O) groups excluding carboxylic acids is 1. The van der Waals surface area contributed by atoms with Crippen molar-refractivity contribution in [3.8, 4) is 17.0 Å². The van der Waals surface area contributed by atoms with Crippen LogP contribution in [0.15, 0.2) is 23.6 Å². The minimum Gasteiger partial charge on any atom is -0.507 e. The van der Waals surface area contributed by atoms with E-state index in [9.17, 15) is 9.90 Å². The van der Waals surface area contributed by atoms with E-state index >= 15 is 0 Å². The van der Waals surface area contributed by atoms with Gasteiger partial charge in [0, 0.05) is 17.0 Å². The Bertz CT molecular complexity index is 678. The summed E-state index contributed by atoms with van der Waals surface area (Å²) in [6.07, 6.45) is 6.26. The van der Waals surface area contributed by atoms with Crippen molar-refractivity contribution in [2.75, 3.05) is 5.32 Å². The van der Waals surface area contributed by atoms with E-state index in [0.29, 0.717) is 6.04 Å². The molecule has 116 valence electrons. The normalized spacial score (nSPS) is 15.6. The van der Waals surface area contributed by atoms with Crippen molar-refractivity contribution < 1.29 is 9.90 Å². The van der Waals surface area contributed by atoms with Gasteiger partial charge in [0.1, 0.15) is 5.75 Å². The Morgan fingerprint density at radius 2 is 2.09 bits per heavy atom. The molecular formula is C16H19N3O2S. The third kappa shape index (κ3) is 3.22. The second-order valence-electron chi connectivity index (χ2n) is 5.61. The maximum atomic E-state index is 11.3. The standard InChI is InChI=1S/C16H19N3O2S/c17-15(21)12-8-10(6-7-14(12)20)13-9-22-16(19-13)18-11-4-2-1-3-5-11/h6-9,11,20H,1-5H2,(H2,17,21)(H,18,19). The molecule has 4 N–H and O–H groups in total. The van der Waals surface area contributed by atoms with Crippen LogP contribution in [0.4, 0.5) is 5.13 Å². The van der Waals surface area contributed by atoms with Gasteiger partial charge in [-0.1, -0.05) is 19.3 Å². The zero-order valence-corrected chi connectivity index (χ0v) is 13.0. The predicted octanol–water partition coefficient (Wildman–Crippen LogP) is 3.36. The Labute approximate surface area is 133 Å². The lowest BCUT2D eigenvalue weighted by atomic mass is 9.96. The smallest absolute Gasteiger partial charge is 0.252 e. The summed E-state index contributed by atoms with van der Waals surface area (Å²) in [6, 6.07) is 5.30. The lowest BCUT2D eigenvalue weighted by Gasteiger charge is -2.22. The fraction of sp³-hybridized carbons (Fsp3) is 0.375. The molecule has 1 amide bonds. The second-order valence-corrected chi connectivity index (χ2v) is 6.47. The van der Waals surface area contributed by atoms with Crippen LogP contribution in [0.5, 0.6) is 5.75 Å². The number of hydrogen-bond acceptors (Lipinski definition) is 5. The Morgan fingerprint density at radius 1 is 1.32 bits per heavy atom. The molecule has 0 bridgehead atoms. The van der Waals surface area contributed by atoms with Crippen LogP contribution in [-0.2, 0) is 0 Å². The average molecular weight is 317 g/mol. The molecule has 1 heterocycles. The van der Waals surface area contributed by atoms with Crippen molar-refractivity contribution in [2.24, 2.45) is 5.73 Å². The van der Waals surface area contributed by atoms with E-state index in [0.717, 1.165) is 16.4 Å². The number of rotatable bonds is 4. The van der Waals surface area contributed by atoms with Gasteiger partial charge in [-0.15, -0.1) is 11.3 Å². The molecular weight excluding hydrogens is 298 g/mol. The summed E-state index contributed by atoms with van der Waals surface area (Å²) in [7, 11) is 0. The third-order valence-corrected chi connectivity index (χ3v) is 4.77. The monoisotopic (exact) mass is 317 g/mol. The molecule has 1 aromatic heterocycles. The Hall–Kier alpha value is -2.08. The molecule has 5 nitrogen and oxygen atoms in total. The summed E-state index contributed by atoms with van der Waals surface area (Å²) in [5.41, 5.74) is 6.94. The van der Waals surface area contributed by atoms with Gasteiger partial charge in [-0.2, -0.15) is 0 Å². The summed E-state index contributed by atoms with van der Waals surface area (Å²) in [5, 5.41) is 16.0. The Morgan fingerprint density at radius 3 is 2.82 bits per heavy atom. The quantitative estimate of drug-likeness (QED) is 0.807. The first-order valence-corrected chi connectivity index (χ1v) is 8.36. The van der Waals surface area contributed by atoms with Gasteiger partial charge in [0.05, 0.1) is 11.3 Å². The molecule has 1 saturated carbocycles. The Kier molecular flexibility index (Phi) is 4.29. The van der Waals surface area contributed by atoms with Crippen molar-refractivity contribution in [3.63, 3.8) is 0 Å². The molecule has 0 unspecified atom stereocenters. The van der Waals surface area contributed by atoms with E-state index in [4.69, 9.17) is 5.73 Å². The van der Waals surface area contributed by atoms with Gasteiger partial charge in [-0.3, -0.25) is 4.79 Å². The van der Waals surface area contributed by atoms with Gasteiger partial charge in [-0.25, -0.2) is 4.98 Å². The highest BCUT2D eigenvalue weighted by Gasteiger charge is 2.15. The number of primary amides is 1. The molecule has 1 aliphatic carbocycles. The summed E-state index contributed by atoms with van der Waals surface area (Å²) in [4.78, 5) is 15.9. The summed E-state index contributed by atoms with van der Waals surface area (Å²) in [6.45, 7) is 0. The number of amides is 1. The molecule has 0 spiro atoms. The number of thiazole rings is 1. The van der Waals surface area contributed by atoms with Crippen LogP contribution < -0.4 is 11.1 Å². The van der Waals surface area contributed by atoms with Crippen molar-refractivity contribution in [3.05, 3.63) is 29.1 Å². The zero-order valence-electron chi connectivity index (χ0n) is 12.2. The molecule has 0 atom stereocenters. The van der Waals surface area contributed by atoms with Crippen molar-refractivity contribution in [1.82, 2.24) is 4.98 Å². The van der Waals surface area contributed by atoms with E-state index in [2.05, 4.69) is 10.3 Å². The Balaban J connectivity index is 1.78. The molecule has 1 fully saturated rings. The number of benzene rings is 1. The third-order valence-electron chi connectivity index (χ3n) is 3.99. The van der Waals surface area contributed by atoms with Crippen molar-refractivity contribution >= 4 is 22.4 Å².